The second-order valence-electron chi connectivity index (χ2n) is 7.24. The number of carbonyl (C=O) groups excluding carboxylic acids is 2. The largest absolute Gasteiger partial charge is 0.463 e. The van der Waals surface area contributed by atoms with Crippen molar-refractivity contribution in [2.45, 2.75) is 37.6 Å². The van der Waals surface area contributed by atoms with E-state index in [1.807, 2.05) is 0 Å². The van der Waals surface area contributed by atoms with Crippen LogP contribution in [0.15, 0.2) is 53.1 Å². The molecule has 2 aromatic heterocycles. The zero-order valence-electron chi connectivity index (χ0n) is 15.7. The second-order valence-corrected chi connectivity index (χ2v) is 7.68. The first-order valence-corrected chi connectivity index (χ1v) is 9.89. The van der Waals surface area contributed by atoms with Gasteiger partial charge in [0.2, 0.25) is 5.91 Å². The molecule has 1 fully saturated rings. The number of halogens is 1. The van der Waals surface area contributed by atoms with Crippen molar-refractivity contribution in [3.05, 3.63) is 59.4 Å². The van der Waals surface area contributed by atoms with E-state index in [0.717, 1.165) is 24.9 Å². The Labute approximate surface area is 172 Å². The van der Waals surface area contributed by atoms with Crippen LogP contribution in [0.1, 0.15) is 42.6 Å². The van der Waals surface area contributed by atoms with Crippen LogP contribution in [0.4, 0.5) is 0 Å². The topological polar surface area (TPSA) is 103 Å². The summed E-state index contributed by atoms with van der Waals surface area (Å²) in [5, 5.41) is 7.92. The molecule has 0 unspecified atom stereocenters. The maximum atomic E-state index is 13.0. The lowest BCUT2D eigenvalue weighted by molar-refractivity contribution is -0.125. The minimum Gasteiger partial charge on any atom is -0.463 e. The normalized spacial score (nSPS) is 15.8. The highest BCUT2D eigenvalue weighted by atomic mass is 35.5. The molecule has 150 valence electrons. The number of hydrogen-bond acceptors (Lipinski definition) is 4. The van der Waals surface area contributed by atoms with Crippen LogP contribution >= 0.6 is 11.6 Å². The van der Waals surface area contributed by atoms with Crippen molar-refractivity contribution in [2.24, 2.45) is 5.73 Å². The molecule has 8 heteroatoms. The number of furan rings is 1. The number of aromatic nitrogens is 2. The summed E-state index contributed by atoms with van der Waals surface area (Å²) >= 11 is 5.99. The summed E-state index contributed by atoms with van der Waals surface area (Å²) in [6.07, 6.45) is 5.35. The summed E-state index contributed by atoms with van der Waals surface area (Å²) in [6.45, 7) is 0. The summed E-state index contributed by atoms with van der Waals surface area (Å²) in [4.78, 5) is 25.1. The number of primary amides is 1. The number of carbonyl (C=O) groups is 2. The zero-order valence-corrected chi connectivity index (χ0v) is 16.5. The average molecular weight is 413 g/mol. The Bertz CT molecular complexity index is 1020. The molecular weight excluding hydrogens is 392 g/mol. The van der Waals surface area contributed by atoms with Gasteiger partial charge in [-0.2, -0.15) is 5.10 Å². The van der Waals surface area contributed by atoms with Gasteiger partial charge in [0, 0.05) is 11.1 Å². The Morgan fingerprint density at radius 3 is 2.48 bits per heavy atom. The van der Waals surface area contributed by atoms with Crippen LogP contribution in [-0.2, 0) is 4.79 Å². The number of amides is 2. The predicted molar refractivity (Wildman–Crippen MR) is 109 cm³/mol. The first-order valence-electron chi connectivity index (χ1n) is 9.51. The molecule has 29 heavy (non-hydrogen) atoms. The van der Waals surface area contributed by atoms with Crippen molar-refractivity contribution >= 4 is 23.4 Å². The molecular formula is C21H21ClN4O3. The number of rotatable bonds is 5. The van der Waals surface area contributed by atoms with Crippen molar-refractivity contribution in [1.82, 2.24) is 15.1 Å². The van der Waals surface area contributed by atoms with Crippen molar-refractivity contribution in [2.75, 3.05) is 0 Å². The van der Waals surface area contributed by atoms with E-state index >= 15 is 0 Å². The molecule has 0 aliphatic heterocycles. The third kappa shape index (κ3) is 3.78. The lowest BCUT2D eigenvalue weighted by Crippen LogP contribution is -2.58. The van der Waals surface area contributed by atoms with Gasteiger partial charge in [-0.3, -0.25) is 9.59 Å². The van der Waals surface area contributed by atoms with Gasteiger partial charge < -0.3 is 15.5 Å². The minimum absolute atomic E-state index is 0.178. The van der Waals surface area contributed by atoms with Crippen LogP contribution in [0.2, 0.25) is 5.02 Å². The Morgan fingerprint density at radius 2 is 1.86 bits per heavy atom. The minimum atomic E-state index is -1.02. The van der Waals surface area contributed by atoms with E-state index in [1.165, 1.54) is 0 Å². The van der Waals surface area contributed by atoms with Crippen molar-refractivity contribution in [1.29, 1.82) is 0 Å². The van der Waals surface area contributed by atoms with E-state index in [4.69, 9.17) is 21.8 Å². The van der Waals surface area contributed by atoms with Gasteiger partial charge in [-0.25, -0.2) is 4.68 Å². The Hall–Kier alpha value is -3.06. The SMILES string of the molecule is NC(=O)C1(NC(=O)c2cc(-c3ccco3)n(-c3ccc(Cl)cc3)n2)CCCCC1. The summed E-state index contributed by atoms with van der Waals surface area (Å²) in [6, 6.07) is 12.3. The van der Waals surface area contributed by atoms with E-state index in [0.29, 0.717) is 29.3 Å². The van der Waals surface area contributed by atoms with Gasteiger partial charge in [-0.15, -0.1) is 0 Å². The number of nitrogens with two attached hydrogens (primary N) is 1. The van der Waals surface area contributed by atoms with E-state index in [1.54, 1.807) is 53.4 Å². The van der Waals surface area contributed by atoms with Crippen molar-refractivity contribution < 1.29 is 14.0 Å². The fourth-order valence-corrected chi connectivity index (χ4v) is 3.87. The number of nitrogens with zero attached hydrogens (tertiary/aromatic N) is 2. The Morgan fingerprint density at radius 1 is 1.14 bits per heavy atom. The van der Waals surface area contributed by atoms with E-state index < -0.39 is 17.4 Å². The van der Waals surface area contributed by atoms with E-state index in [2.05, 4.69) is 10.4 Å². The molecule has 1 aliphatic carbocycles. The third-order valence-corrected chi connectivity index (χ3v) is 5.57. The molecule has 2 heterocycles. The van der Waals surface area contributed by atoms with Gasteiger partial charge in [0.15, 0.2) is 11.5 Å². The highest BCUT2D eigenvalue weighted by Crippen LogP contribution is 2.29. The highest BCUT2D eigenvalue weighted by Gasteiger charge is 2.40. The molecule has 7 nitrogen and oxygen atoms in total. The van der Waals surface area contributed by atoms with E-state index in [9.17, 15) is 9.59 Å². The zero-order chi connectivity index (χ0) is 20.4. The Kier molecular flexibility index (Phi) is 5.15. The van der Waals surface area contributed by atoms with E-state index in [-0.39, 0.29) is 5.69 Å². The first kappa shape index (κ1) is 19.3. The monoisotopic (exact) mass is 412 g/mol. The number of benzene rings is 1. The lowest BCUT2D eigenvalue weighted by Gasteiger charge is -2.34. The highest BCUT2D eigenvalue weighted by molar-refractivity contribution is 6.30. The van der Waals surface area contributed by atoms with Crippen molar-refractivity contribution in [3.8, 4) is 17.1 Å². The van der Waals surface area contributed by atoms with Crippen LogP contribution < -0.4 is 11.1 Å². The summed E-state index contributed by atoms with van der Waals surface area (Å²) in [5.41, 5.74) is 6.13. The maximum absolute atomic E-state index is 13.0. The number of nitrogens with one attached hydrogen (secondary N) is 1. The number of hydrogen-bond donors (Lipinski definition) is 2. The second kappa shape index (κ2) is 7.75. The summed E-state index contributed by atoms with van der Waals surface area (Å²) in [5.74, 6) is -0.381. The van der Waals surface area contributed by atoms with Gasteiger partial charge in [0.05, 0.1) is 12.0 Å². The standard InChI is InChI=1S/C21H21ClN4O3/c22-14-6-8-15(9-7-14)26-17(18-5-4-12-29-18)13-16(25-26)19(27)24-21(20(23)28)10-2-1-3-11-21/h4-9,12-13H,1-3,10-11H2,(H2,23,28)(H,24,27). The molecule has 0 spiro atoms. The first-order chi connectivity index (χ1) is 14.0. The van der Waals surface area contributed by atoms with Gasteiger partial charge in [0.1, 0.15) is 11.2 Å². The third-order valence-electron chi connectivity index (χ3n) is 5.32. The van der Waals surface area contributed by atoms with Crippen LogP contribution in [0.25, 0.3) is 17.1 Å². The summed E-state index contributed by atoms with van der Waals surface area (Å²) in [7, 11) is 0. The Balaban J connectivity index is 1.70. The fraction of sp³-hybridized carbons (Fsp3) is 0.286. The molecule has 1 aliphatic rings. The molecule has 3 N–H and O–H groups in total. The molecule has 0 atom stereocenters. The van der Waals surface area contributed by atoms with Gasteiger partial charge in [-0.05, 0) is 49.2 Å². The molecule has 4 rings (SSSR count). The van der Waals surface area contributed by atoms with Crippen molar-refractivity contribution in [3.63, 3.8) is 0 Å². The quantitative estimate of drug-likeness (QED) is 0.666. The van der Waals surface area contributed by atoms with Gasteiger partial charge in [-0.1, -0.05) is 30.9 Å². The molecule has 0 bridgehead atoms. The summed E-state index contributed by atoms with van der Waals surface area (Å²) < 4.78 is 7.13. The molecule has 1 saturated carbocycles. The van der Waals surface area contributed by atoms with Crippen LogP contribution in [0.5, 0.6) is 0 Å². The predicted octanol–water partition coefficient (Wildman–Crippen LogP) is 3.70. The maximum Gasteiger partial charge on any atom is 0.272 e. The molecule has 0 saturated heterocycles. The van der Waals surface area contributed by atoms with Crippen LogP contribution in [0, 0.1) is 0 Å². The van der Waals surface area contributed by atoms with Crippen LogP contribution in [0.3, 0.4) is 0 Å². The molecule has 1 aromatic carbocycles. The molecule has 2 amide bonds. The average Bonchev–Trinajstić information content (AvgIpc) is 3.39. The van der Waals surface area contributed by atoms with Gasteiger partial charge >= 0.3 is 0 Å². The lowest BCUT2D eigenvalue weighted by atomic mass is 9.81. The molecule has 3 aromatic rings. The van der Waals surface area contributed by atoms with Gasteiger partial charge in [0.25, 0.3) is 5.91 Å². The van der Waals surface area contributed by atoms with Crippen LogP contribution in [-0.4, -0.2) is 27.1 Å². The molecule has 0 radical (unpaired) electrons. The smallest absolute Gasteiger partial charge is 0.272 e. The fourth-order valence-electron chi connectivity index (χ4n) is 3.74.